The third-order valence-electron chi connectivity index (χ3n) is 0. The van der Waals surface area contributed by atoms with E-state index in [1.54, 1.807) is 0 Å². The van der Waals surface area contributed by atoms with Gasteiger partial charge in [0.2, 0.25) is 0 Å². The van der Waals surface area contributed by atoms with Crippen LogP contribution in [0.3, 0.4) is 0 Å². The van der Waals surface area contributed by atoms with Crippen molar-refractivity contribution in [3.05, 3.63) is 0 Å². The molecule has 0 aromatic heterocycles. The Bertz CT molecular complexity index is 34.7. The Morgan fingerprint density at radius 2 is 1.20 bits per heavy atom. The molecule has 0 saturated carbocycles. The van der Waals surface area contributed by atoms with Crippen LogP contribution in [0.1, 0.15) is 2.85 Å². The van der Waals surface area contributed by atoms with E-state index in [4.69, 9.17) is 8.42 Å². The maximum absolute atomic E-state index is 8.29. The molecule has 0 saturated heterocycles. The molecule has 0 N–H and O–H groups in total. The first-order chi connectivity index (χ1) is 1.41. The summed E-state index contributed by atoms with van der Waals surface area (Å²) >= 11 is -0.750. The second kappa shape index (κ2) is 15.7. The zero-order valence-corrected chi connectivity index (χ0v) is 10.3. The van der Waals surface area contributed by atoms with Gasteiger partial charge in [0.25, 0.3) is 0 Å². The average molecular weight is 144 g/mol. The van der Waals surface area contributed by atoms with Gasteiger partial charge in [-0.15, -0.1) is 0 Å². The summed E-state index contributed by atoms with van der Waals surface area (Å²) in [5.41, 5.74) is 0. The van der Waals surface area contributed by atoms with E-state index < -0.39 is 11.6 Å². The standard InChI is InChI=1S/2K.O2S.2H/c;;1-3-2;;/q2*+1;;2*-1. The Morgan fingerprint density at radius 1 is 1.20 bits per heavy atom. The molecule has 0 bridgehead atoms. The van der Waals surface area contributed by atoms with Gasteiger partial charge in [0.05, 0.1) is 0 Å². The molecule has 0 aromatic rings. The van der Waals surface area contributed by atoms with E-state index in [9.17, 15) is 0 Å². The molecule has 5 heteroatoms. The molecule has 0 aliphatic carbocycles. The van der Waals surface area contributed by atoms with Crippen LogP contribution in [0.25, 0.3) is 0 Å². The molecule has 0 aliphatic rings. The molecule has 0 amide bonds. The molecule has 0 unspecified atom stereocenters. The minimum Gasteiger partial charge on any atom is -1.00 e. The Hall–Kier alpha value is 3.09. The summed E-state index contributed by atoms with van der Waals surface area (Å²) < 4.78 is 16.6. The van der Waals surface area contributed by atoms with Crippen molar-refractivity contribution in [2.45, 2.75) is 0 Å². The topological polar surface area (TPSA) is 34.1 Å². The van der Waals surface area contributed by atoms with Crippen molar-refractivity contribution < 1.29 is 114 Å². The minimum absolute atomic E-state index is 0. The average Bonchev–Trinajstić information content (AvgIpc) is 0.918. The molecule has 2 nitrogen and oxygen atoms in total. The summed E-state index contributed by atoms with van der Waals surface area (Å²) in [7, 11) is 0. The van der Waals surface area contributed by atoms with Gasteiger partial charge in [0.15, 0.2) is 0 Å². The zero-order valence-electron chi connectivity index (χ0n) is 5.22. The van der Waals surface area contributed by atoms with E-state index in [0.29, 0.717) is 0 Å². The first-order valence-electron chi connectivity index (χ1n) is 0.333. The second-order valence-electron chi connectivity index (χ2n) is 0.0680. The molecular formula is H2K2O2S. The van der Waals surface area contributed by atoms with Crippen LogP contribution >= 0.6 is 0 Å². The normalized spacial score (nSPS) is 2.40. The fraction of sp³-hybridized carbons (Fsp3) is 0. The van der Waals surface area contributed by atoms with Gasteiger partial charge in [-0.05, 0) is 0 Å². The van der Waals surface area contributed by atoms with Gasteiger partial charge in [0.1, 0.15) is 0 Å². The first kappa shape index (κ1) is 15.7. The zero-order chi connectivity index (χ0) is 2.71. The monoisotopic (exact) mass is 144 g/mol. The third kappa shape index (κ3) is 19.2. The molecule has 22 valence electrons. The molecule has 0 fully saturated rings. The summed E-state index contributed by atoms with van der Waals surface area (Å²) in [6, 6.07) is 0. The summed E-state index contributed by atoms with van der Waals surface area (Å²) in [6.07, 6.45) is 0. The maximum Gasteiger partial charge on any atom is 1.00 e. The number of hydrogen-bond acceptors (Lipinski definition) is 2. The van der Waals surface area contributed by atoms with Crippen molar-refractivity contribution in [3.63, 3.8) is 0 Å². The maximum atomic E-state index is 8.29. The largest absolute Gasteiger partial charge is 1.00 e. The summed E-state index contributed by atoms with van der Waals surface area (Å²) in [5.74, 6) is 0. The Balaban J connectivity index is -0.00000000333. The molecule has 0 atom stereocenters. The Labute approximate surface area is 122 Å². The molecule has 5 heavy (non-hydrogen) atoms. The SMILES string of the molecule is O=S=O.[H-].[H-].[K+].[K+]. The summed E-state index contributed by atoms with van der Waals surface area (Å²) in [4.78, 5) is 0. The van der Waals surface area contributed by atoms with E-state index >= 15 is 0 Å². The van der Waals surface area contributed by atoms with Crippen LogP contribution in [0, 0.1) is 0 Å². The van der Waals surface area contributed by atoms with Crippen LogP contribution in [0.4, 0.5) is 0 Å². The summed E-state index contributed by atoms with van der Waals surface area (Å²) in [6.45, 7) is 0. The van der Waals surface area contributed by atoms with Crippen molar-refractivity contribution in [3.8, 4) is 0 Å². The van der Waals surface area contributed by atoms with Gasteiger partial charge in [0, 0.05) is 0 Å². The quantitative estimate of drug-likeness (QED) is 0.317. The summed E-state index contributed by atoms with van der Waals surface area (Å²) in [5, 5.41) is 0. The van der Waals surface area contributed by atoms with Crippen molar-refractivity contribution in [2.75, 3.05) is 0 Å². The predicted octanol–water partition coefficient (Wildman–Crippen LogP) is -6.44. The molecule has 0 rings (SSSR count). The third-order valence-corrected chi connectivity index (χ3v) is 0. The van der Waals surface area contributed by atoms with E-state index in [2.05, 4.69) is 0 Å². The van der Waals surface area contributed by atoms with E-state index in [1.807, 2.05) is 0 Å². The molecule has 0 heterocycles. The van der Waals surface area contributed by atoms with Crippen LogP contribution in [0.2, 0.25) is 0 Å². The van der Waals surface area contributed by atoms with Gasteiger partial charge >= 0.3 is 114 Å². The molecule has 0 radical (unpaired) electrons. The van der Waals surface area contributed by atoms with Crippen LogP contribution in [-0.4, -0.2) is 8.42 Å². The Morgan fingerprint density at radius 3 is 1.20 bits per heavy atom. The van der Waals surface area contributed by atoms with E-state index in [-0.39, 0.29) is 106 Å². The molecule has 0 spiro atoms. The number of hydrogen-bond donors (Lipinski definition) is 0. The molecular weight excluding hydrogens is 142 g/mol. The molecule has 0 aliphatic heterocycles. The van der Waals surface area contributed by atoms with Crippen molar-refractivity contribution in [1.82, 2.24) is 0 Å². The van der Waals surface area contributed by atoms with Crippen molar-refractivity contribution in [2.24, 2.45) is 0 Å². The fourth-order valence-electron chi connectivity index (χ4n) is 0. The van der Waals surface area contributed by atoms with Gasteiger partial charge in [-0.1, -0.05) is 0 Å². The predicted molar refractivity (Wildman–Crippen MR) is 11.1 cm³/mol. The van der Waals surface area contributed by atoms with Gasteiger partial charge in [-0.25, -0.2) is 0 Å². The molecule has 0 aromatic carbocycles. The van der Waals surface area contributed by atoms with Crippen molar-refractivity contribution >= 4 is 11.6 Å². The van der Waals surface area contributed by atoms with Crippen molar-refractivity contribution in [1.29, 1.82) is 0 Å². The Kier molecular flexibility index (Phi) is 49.3. The van der Waals surface area contributed by atoms with E-state index in [0.717, 1.165) is 0 Å². The van der Waals surface area contributed by atoms with Gasteiger partial charge in [-0.2, -0.15) is 8.42 Å². The first-order valence-corrected chi connectivity index (χ1v) is 1.00. The van der Waals surface area contributed by atoms with Crippen LogP contribution in [-0.2, 0) is 11.6 Å². The van der Waals surface area contributed by atoms with Gasteiger partial charge < -0.3 is 2.85 Å². The van der Waals surface area contributed by atoms with Crippen LogP contribution in [0.15, 0.2) is 0 Å². The number of rotatable bonds is 0. The minimum atomic E-state index is -0.750. The second-order valence-corrected chi connectivity index (χ2v) is 0.204. The van der Waals surface area contributed by atoms with Gasteiger partial charge in [-0.3, -0.25) is 0 Å². The van der Waals surface area contributed by atoms with Crippen LogP contribution in [0.5, 0.6) is 0 Å². The van der Waals surface area contributed by atoms with E-state index in [1.165, 1.54) is 0 Å². The smallest absolute Gasteiger partial charge is 1.00 e. The fourth-order valence-corrected chi connectivity index (χ4v) is 0. The van der Waals surface area contributed by atoms with Crippen LogP contribution < -0.4 is 103 Å².